The van der Waals surface area contributed by atoms with Crippen LogP contribution < -0.4 is 10.3 Å². The summed E-state index contributed by atoms with van der Waals surface area (Å²) in [7, 11) is 1.63. The van der Waals surface area contributed by atoms with Gasteiger partial charge in [-0.1, -0.05) is 18.2 Å². The highest BCUT2D eigenvalue weighted by Crippen LogP contribution is 2.19. The van der Waals surface area contributed by atoms with E-state index in [1.165, 1.54) is 6.08 Å². The Hall–Kier alpha value is -2.44. The summed E-state index contributed by atoms with van der Waals surface area (Å²) >= 11 is 0. The molecule has 0 fully saturated rings. The normalized spacial score (nSPS) is 16.6. The fourth-order valence-corrected chi connectivity index (χ4v) is 3.24. The molecule has 0 saturated carbocycles. The van der Waals surface area contributed by atoms with E-state index >= 15 is 0 Å². The van der Waals surface area contributed by atoms with Crippen molar-refractivity contribution >= 4 is 0 Å². The van der Waals surface area contributed by atoms with Gasteiger partial charge in [0.15, 0.2) is 0 Å². The first-order valence-corrected chi connectivity index (χ1v) is 8.72. The van der Waals surface area contributed by atoms with Gasteiger partial charge < -0.3 is 14.8 Å². The van der Waals surface area contributed by atoms with Crippen molar-refractivity contribution in [3.05, 3.63) is 69.9 Å². The molecular formula is C20H25N3O3. The Balaban J connectivity index is 1.79. The summed E-state index contributed by atoms with van der Waals surface area (Å²) in [4.78, 5) is 22.2. The lowest BCUT2D eigenvalue weighted by Gasteiger charge is -2.32. The molecule has 0 radical (unpaired) electrons. The number of aromatic nitrogens is 2. The van der Waals surface area contributed by atoms with E-state index in [1.54, 1.807) is 14.0 Å². The van der Waals surface area contributed by atoms with Crippen molar-refractivity contribution in [1.29, 1.82) is 0 Å². The van der Waals surface area contributed by atoms with Crippen LogP contribution in [0.15, 0.2) is 41.7 Å². The predicted octanol–water partition coefficient (Wildman–Crippen LogP) is 1.66. The summed E-state index contributed by atoms with van der Waals surface area (Å²) in [5.41, 5.74) is 1.50. The molecule has 1 aliphatic heterocycles. The molecule has 138 valence electrons. The molecule has 1 aliphatic rings. The fraction of sp³-hybridized carbons (Fsp3) is 0.400. The van der Waals surface area contributed by atoms with Crippen molar-refractivity contribution in [3.8, 4) is 5.75 Å². The molecule has 0 amide bonds. The number of hydrogen-bond acceptors (Lipinski definition) is 5. The largest absolute Gasteiger partial charge is 0.497 e. The summed E-state index contributed by atoms with van der Waals surface area (Å²) in [5.74, 6) is 1.45. The van der Waals surface area contributed by atoms with E-state index in [2.05, 4.69) is 21.4 Å². The van der Waals surface area contributed by atoms with Gasteiger partial charge in [-0.15, -0.1) is 6.58 Å². The van der Waals surface area contributed by atoms with Gasteiger partial charge in [-0.25, -0.2) is 4.98 Å². The van der Waals surface area contributed by atoms with Crippen LogP contribution in [0.2, 0.25) is 0 Å². The Morgan fingerprint density at radius 3 is 3.04 bits per heavy atom. The standard InChI is InChI=1S/C20H25N3O3/c1-4-20(2,25)13-23-9-8-17-16(12-23)19(24)22-18(21-17)11-14-6-5-7-15(10-14)26-3/h4-7,10,25H,1,8-9,11-13H2,2-3H3,(H,21,22,24). The fourth-order valence-electron chi connectivity index (χ4n) is 3.24. The van der Waals surface area contributed by atoms with Crippen molar-refractivity contribution in [2.24, 2.45) is 0 Å². The second kappa shape index (κ2) is 7.43. The first-order valence-electron chi connectivity index (χ1n) is 8.72. The van der Waals surface area contributed by atoms with Crippen molar-refractivity contribution in [1.82, 2.24) is 14.9 Å². The van der Waals surface area contributed by atoms with E-state index in [0.29, 0.717) is 37.3 Å². The van der Waals surface area contributed by atoms with Gasteiger partial charge in [0.05, 0.1) is 24.0 Å². The van der Waals surface area contributed by atoms with Crippen LogP contribution in [0, 0.1) is 0 Å². The van der Waals surface area contributed by atoms with Gasteiger partial charge >= 0.3 is 0 Å². The van der Waals surface area contributed by atoms with Crippen molar-refractivity contribution in [2.75, 3.05) is 20.2 Å². The Kier molecular flexibility index (Phi) is 5.25. The van der Waals surface area contributed by atoms with E-state index < -0.39 is 5.60 Å². The highest BCUT2D eigenvalue weighted by molar-refractivity contribution is 5.31. The van der Waals surface area contributed by atoms with Crippen molar-refractivity contribution in [3.63, 3.8) is 0 Å². The second-order valence-corrected chi connectivity index (χ2v) is 6.99. The summed E-state index contributed by atoms with van der Waals surface area (Å²) in [6.07, 6.45) is 2.77. The molecule has 2 N–H and O–H groups in total. The predicted molar refractivity (Wildman–Crippen MR) is 100 cm³/mol. The topological polar surface area (TPSA) is 78.5 Å². The molecule has 1 aromatic carbocycles. The highest BCUT2D eigenvalue weighted by atomic mass is 16.5. The number of aliphatic hydroxyl groups is 1. The third-order valence-corrected chi connectivity index (χ3v) is 4.69. The molecule has 6 heteroatoms. The zero-order valence-corrected chi connectivity index (χ0v) is 15.3. The minimum atomic E-state index is -0.968. The molecule has 2 aromatic rings. The van der Waals surface area contributed by atoms with E-state index in [-0.39, 0.29) is 5.56 Å². The van der Waals surface area contributed by atoms with Gasteiger partial charge in [-0.2, -0.15) is 0 Å². The van der Waals surface area contributed by atoms with Crippen molar-refractivity contribution in [2.45, 2.75) is 31.9 Å². The third kappa shape index (κ3) is 4.20. The minimum Gasteiger partial charge on any atom is -0.497 e. The maximum atomic E-state index is 12.5. The van der Waals surface area contributed by atoms with E-state index in [9.17, 15) is 9.90 Å². The van der Waals surface area contributed by atoms with Gasteiger partial charge in [-0.05, 0) is 24.6 Å². The lowest BCUT2D eigenvalue weighted by molar-refractivity contribution is 0.0561. The first kappa shape index (κ1) is 18.4. The van der Waals surface area contributed by atoms with Gasteiger partial charge in [0, 0.05) is 32.5 Å². The quantitative estimate of drug-likeness (QED) is 0.771. The first-order chi connectivity index (χ1) is 12.4. The average Bonchev–Trinajstić information content (AvgIpc) is 2.62. The van der Waals surface area contributed by atoms with Crippen LogP contribution in [0.3, 0.4) is 0 Å². The van der Waals surface area contributed by atoms with Gasteiger partial charge in [0.1, 0.15) is 11.6 Å². The molecule has 1 unspecified atom stereocenters. The molecule has 0 saturated heterocycles. The molecule has 1 atom stereocenters. The molecule has 6 nitrogen and oxygen atoms in total. The van der Waals surface area contributed by atoms with Crippen LogP contribution in [0.25, 0.3) is 0 Å². The number of hydrogen-bond donors (Lipinski definition) is 2. The number of fused-ring (bicyclic) bond motifs is 1. The average molecular weight is 355 g/mol. The number of benzene rings is 1. The molecule has 0 bridgehead atoms. The minimum absolute atomic E-state index is 0.101. The van der Waals surface area contributed by atoms with Gasteiger partial charge in [0.2, 0.25) is 0 Å². The maximum absolute atomic E-state index is 12.5. The number of ether oxygens (including phenoxy) is 1. The number of rotatable bonds is 6. The zero-order valence-electron chi connectivity index (χ0n) is 15.3. The van der Waals surface area contributed by atoms with Crippen LogP contribution in [0.5, 0.6) is 5.75 Å². The van der Waals surface area contributed by atoms with Crippen molar-refractivity contribution < 1.29 is 9.84 Å². The Morgan fingerprint density at radius 2 is 2.31 bits per heavy atom. The summed E-state index contributed by atoms with van der Waals surface area (Å²) in [5, 5.41) is 10.2. The summed E-state index contributed by atoms with van der Waals surface area (Å²) in [6, 6.07) is 7.74. The van der Waals surface area contributed by atoms with E-state index in [1.807, 2.05) is 24.3 Å². The van der Waals surface area contributed by atoms with Gasteiger partial charge in [0.25, 0.3) is 5.56 Å². The van der Waals surface area contributed by atoms with E-state index in [0.717, 1.165) is 23.6 Å². The van der Waals surface area contributed by atoms with Crippen LogP contribution in [0.1, 0.15) is 29.6 Å². The SMILES string of the molecule is C=CC(C)(O)CN1CCc2nc(Cc3cccc(OC)c3)[nH]c(=O)c2C1. The van der Waals surface area contributed by atoms with E-state index in [4.69, 9.17) is 4.74 Å². The van der Waals surface area contributed by atoms with Crippen LogP contribution >= 0.6 is 0 Å². The second-order valence-electron chi connectivity index (χ2n) is 6.99. The zero-order chi connectivity index (χ0) is 18.7. The highest BCUT2D eigenvalue weighted by Gasteiger charge is 2.26. The molecule has 0 aliphatic carbocycles. The lowest BCUT2D eigenvalue weighted by Crippen LogP contribution is -2.44. The lowest BCUT2D eigenvalue weighted by atomic mass is 10.0. The number of β-amino-alcohol motifs (C(OH)–C–C–N with tert-alkyl or cyclic N) is 1. The Morgan fingerprint density at radius 1 is 1.50 bits per heavy atom. The Bertz CT molecular complexity index is 858. The molecular weight excluding hydrogens is 330 g/mol. The molecule has 2 heterocycles. The number of H-pyrrole nitrogens is 1. The summed E-state index contributed by atoms with van der Waals surface area (Å²) < 4.78 is 5.24. The van der Waals surface area contributed by atoms with Crippen LogP contribution in [-0.2, 0) is 19.4 Å². The number of methoxy groups -OCH3 is 1. The van der Waals surface area contributed by atoms with Crippen LogP contribution in [0.4, 0.5) is 0 Å². The molecule has 1 aromatic heterocycles. The van der Waals surface area contributed by atoms with Gasteiger partial charge in [-0.3, -0.25) is 9.69 Å². The maximum Gasteiger partial charge on any atom is 0.255 e. The molecule has 0 spiro atoms. The number of nitrogens with zero attached hydrogens (tertiary/aromatic N) is 2. The number of aromatic amines is 1. The van der Waals surface area contributed by atoms with Crippen LogP contribution in [-0.4, -0.2) is 45.8 Å². The Labute approximate surface area is 153 Å². The third-order valence-electron chi connectivity index (χ3n) is 4.69. The number of nitrogens with one attached hydrogen (secondary N) is 1. The smallest absolute Gasteiger partial charge is 0.255 e. The summed E-state index contributed by atoms with van der Waals surface area (Å²) in [6.45, 7) is 7.06. The monoisotopic (exact) mass is 355 g/mol. The molecule has 26 heavy (non-hydrogen) atoms. The molecule has 3 rings (SSSR count).